The lowest BCUT2D eigenvalue weighted by molar-refractivity contribution is -0.192. The average Bonchev–Trinajstić information content (AvgIpc) is 3.33. The Bertz CT molecular complexity index is 1050. The topological polar surface area (TPSA) is 127 Å². The molecule has 0 radical (unpaired) electrons. The van der Waals surface area contributed by atoms with E-state index in [1.165, 1.54) is 27.9 Å². The first-order valence-corrected chi connectivity index (χ1v) is 11.5. The standard InChI is InChI=1S/C26H34O10/c1-9-14(3)23(27)35-17(6)26(7,30)25(29)34-16(5)21(36-24(28)15(4)10-2)18-11-19(31-8)22-20(12-18)32-13-33-22/h9-12,16-17,21,30H,13H2,1-8H3/b14-9+,15-10+/t16-,17+,21+,26-/m0/s1. The molecule has 0 saturated heterocycles. The van der Waals surface area contributed by atoms with Crippen molar-refractivity contribution in [3.8, 4) is 17.2 Å². The van der Waals surface area contributed by atoms with E-state index in [1.807, 2.05) is 0 Å². The van der Waals surface area contributed by atoms with Crippen LogP contribution in [-0.4, -0.2) is 54.7 Å². The van der Waals surface area contributed by atoms with Crippen LogP contribution >= 0.6 is 0 Å². The van der Waals surface area contributed by atoms with E-state index in [-0.39, 0.29) is 6.79 Å². The van der Waals surface area contributed by atoms with Gasteiger partial charge in [-0.3, -0.25) is 0 Å². The van der Waals surface area contributed by atoms with E-state index in [1.54, 1.807) is 52.0 Å². The zero-order valence-corrected chi connectivity index (χ0v) is 21.9. The third-order valence-electron chi connectivity index (χ3n) is 5.96. The summed E-state index contributed by atoms with van der Waals surface area (Å²) in [6, 6.07) is 3.18. The first-order valence-electron chi connectivity index (χ1n) is 11.5. The van der Waals surface area contributed by atoms with E-state index in [4.69, 9.17) is 28.4 Å². The average molecular weight is 507 g/mol. The highest BCUT2D eigenvalue weighted by atomic mass is 16.7. The molecular formula is C26H34O10. The van der Waals surface area contributed by atoms with Gasteiger partial charge in [-0.1, -0.05) is 12.2 Å². The number of aliphatic hydroxyl groups is 1. The molecule has 1 aromatic carbocycles. The molecule has 2 rings (SSSR count). The summed E-state index contributed by atoms with van der Waals surface area (Å²) in [5.74, 6) is -1.25. The Kier molecular flexibility index (Phi) is 9.52. The van der Waals surface area contributed by atoms with Crippen LogP contribution in [0, 0.1) is 0 Å². The zero-order chi connectivity index (χ0) is 27.2. The van der Waals surface area contributed by atoms with Gasteiger partial charge in [0.25, 0.3) is 0 Å². The maximum Gasteiger partial charge on any atom is 0.342 e. The van der Waals surface area contributed by atoms with Crippen molar-refractivity contribution in [3.05, 3.63) is 41.0 Å². The van der Waals surface area contributed by atoms with Crippen LogP contribution in [-0.2, 0) is 28.6 Å². The van der Waals surface area contributed by atoms with Gasteiger partial charge < -0.3 is 33.5 Å². The highest BCUT2D eigenvalue weighted by molar-refractivity contribution is 5.89. The number of rotatable bonds is 10. The van der Waals surface area contributed by atoms with E-state index in [0.29, 0.717) is 34.0 Å². The predicted molar refractivity (Wildman–Crippen MR) is 129 cm³/mol. The monoisotopic (exact) mass is 506 g/mol. The molecule has 0 bridgehead atoms. The number of fused-ring (bicyclic) bond motifs is 1. The molecule has 0 aliphatic carbocycles. The maximum atomic E-state index is 13.0. The molecule has 10 heteroatoms. The Morgan fingerprint density at radius 1 is 1.00 bits per heavy atom. The minimum Gasteiger partial charge on any atom is -0.493 e. The second-order valence-corrected chi connectivity index (χ2v) is 8.53. The van der Waals surface area contributed by atoms with Gasteiger partial charge in [0.2, 0.25) is 12.5 Å². The number of hydrogen-bond donors (Lipinski definition) is 1. The highest BCUT2D eigenvalue weighted by Crippen LogP contribution is 2.44. The van der Waals surface area contributed by atoms with Crippen molar-refractivity contribution in [2.45, 2.75) is 72.4 Å². The van der Waals surface area contributed by atoms with Crippen LogP contribution in [0.15, 0.2) is 35.4 Å². The summed E-state index contributed by atoms with van der Waals surface area (Å²) in [7, 11) is 1.45. The molecular weight excluding hydrogens is 472 g/mol. The second-order valence-electron chi connectivity index (χ2n) is 8.53. The predicted octanol–water partition coefficient (Wildman–Crippen LogP) is 3.56. The number of esters is 3. The van der Waals surface area contributed by atoms with Gasteiger partial charge in [0, 0.05) is 16.7 Å². The summed E-state index contributed by atoms with van der Waals surface area (Å²) >= 11 is 0. The smallest absolute Gasteiger partial charge is 0.342 e. The van der Waals surface area contributed by atoms with E-state index >= 15 is 0 Å². The fourth-order valence-corrected chi connectivity index (χ4v) is 3.08. The summed E-state index contributed by atoms with van der Waals surface area (Å²) < 4.78 is 32.7. The molecule has 36 heavy (non-hydrogen) atoms. The van der Waals surface area contributed by atoms with Gasteiger partial charge in [-0.15, -0.1) is 0 Å². The molecule has 0 unspecified atom stereocenters. The van der Waals surface area contributed by atoms with Crippen LogP contribution in [0.2, 0.25) is 0 Å². The summed E-state index contributed by atoms with van der Waals surface area (Å²) in [5, 5.41) is 10.8. The lowest BCUT2D eigenvalue weighted by Gasteiger charge is -2.31. The van der Waals surface area contributed by atoms with E-state index in [0.717, 1.165) is 0 Å². The molecule has 0 fully saturated rings. The van der Waals surface area contributed by atoms with E-state index in [9.17, 15) is 19.5 Å². The first kappa shape index (κ1) is 28.7. The Labute approximate surface area is 210 Å². The van der Waals surface area contributed by atoms with Crippen molar-refractivity contribution in [1.82, 2.24) is 0 Å². The fourth-order valence-electron chi connectivity index (χ4n) is 3.08. The Morgan fingerprint density at radius 2 is 1.58 bits per heavy atom. The van der Waals surface area contributed by atoms with Crippen molar-refractivity contribution >= 4 is 17.9 Å². The van der Waals surface area contributed by atoms with Gasteiger partial charge in [-0.2, -0.15) is 0 Å². The van der Waals surface area contributed by atoms with Crippen molar-refractivity contribution in [2.75, 3.05) is 13.9 Å². The van der Waals surface area contributed by atoms with Crippen molar-refractivity contribution in [2.24, 2.45) is 0 Å². The van der Waals surface area contributed by atoms with Gasteiger partial charge in [0.05, 0.1) is 7.11 Å². The number of carbonyl (C=O) groups excluding carboxylic acids is 3. The van der Waals surface area contributed by atoms with Crippen LogP contribution in [0.4, 0.5) is 0 Å². The molecule has 0 aromatic heterocycles. The molecule has 198 valence electrons. The lowest BCUT2D eigenvalue weighted by Crippen LogP contribution is -2.49. The second kappa shape index (κ2) is 11.9. The van der Waals surface area contributed by atoms with Gasteiger partial charge in [0.15, 0.2) is 23.2 Å². The Morgan fingerprint density at radius 3 is 2.14 bits per heavy atom. The molecule has 0 saturated carbocycles. The van der Waals surface area contributed by atoms with Crippen LogP contribution in [0.25, 0.3) is 0 Å². The summed E-state index contributed by atoms with van der Waals surface area (Å²) in [6.45, 7) is 10.6. The number of allylic oxidation sites excluding steroid dienone is 2. The number of ether oxygens (including phenoxy) is 6. The maximum absolute atomic E-state index is 13.0. The molecule has 1 aliphatic rings. The molecule has 10 nitrogen and oxygen atoms in total. The van der Waals surface area contributed by atoms with Crippen molar-refractivity contribution < 1.29 is 47.9 Å². The van der Waals surface area contributed by atoms with Crippen molar-refractivity contribution in [3.63, 3.8) is 0 Å². The minimum absolute atomic E-state index is 0.00596. The van der Waals surface area contributed by atoms with Crippen LogP contribution < -0.4 is 14.2 Å². The largest absolute Gasteiger partial charge is 0.493 e. The summed E-state index contributed by atoms with van der Waals surface area (Å²) in [6.07, 6.45) is -0.252. The van der Waals surface area contributed by atoms with E-state index in [2.05, 4.69) is 0 Å². The van der Waals surface area contributed by atoms with Gasteiger partial charge in [-0.25, -0.2) is 14.4 Å². The van der Waals surface area contributed by atoms with Crippen molar-refractivity contribution in [1.29, 1.82) is 0 Å². The number of carbonyl (C=O) groups is 3. The number of methoxy groups -OCH3 is 1. The highest BCUT2D eigenvalue weighted by Gasteiger charge is 2.43. The molecule has 4 atom stereocenters. The Balaban J connectivity index is 2.34. The third-order valence-corrected chi connectivity index (χ3v) is 5.96. The van der Waals surface area contributed by atoms with E-state index < -0.39 is 41.8 Å². The quantitative estimate of drug-likeness (QED) is 0.286. The number of benzene rings is 1. The molecule has 0 amide bonds. The normalized spacial score (nSPS) is 17.4. The summed E-state index contributed by atoms with van der Waals surface area (Å²) in [4.78, 5) is 37.7. The van der Waals surface area contributed by atoms with Crippen LogP contribution in [0.3, 0.4) is 0 Å². The van der Waals surface area contributed by atoms with Gasteiger partial charge >= 0.3 is 17.9 Å². The van der Waals surface area contributed by atoms with Gasteiger partial charge in [-0.05, 0) is 60.6 Å². The molecule has 1 N–H and O–H groups in total. The number of hydrogen-bond acceptors (Lipinski definition) is 10. The molecule has 0 spiro atoms. The zero-order valence-electron chi connectivity index (χ0n) is 21.9. The van der Waals surface area contributed by atoms with Crippen LogP contribution in [0.1, 0.15) is 60.1 Å². The summed E-state index contributed by atoms with van der Waals surface area (Å²) in [5.41, 5.74) is -1.10. The lowest BCUT2D eigenvalue weighted by atomic mass is 9.99. The fraction of sp³-hybridized carbons (Fsp3) is 0.500. The molecule has 1 heterocycles. The van der Waals surface area contributed by atoms with Crippen LogP contribution in [0.5, 0.6) is 17.2 Å². The van der Waals surface area contributed by atoms with Gasteiger partial charge in [0.1, 0.15) is 12.2 Å². The molecule has 1 aromatic rings. The Hall–Kier alpha value is -3.53. The first-order chi connectivity index (χ1) is 16.9. The minimum atomic E-state index is -2.18. The SMILES string of the molecule is C/C=C(\C)C(=O)O[C@@H](c1cc(OC)c2c(c1)OCO2)[C@H](C)OC(=O)[C@@](C)(O)[C@@H](C)OC(=O)/C(C)=C/C. The molecule has 1 aliphatic heterocycles. The third kappa shape index (κ3) is 6.37.